The number of hydrogen-bond acceptors (Lipinski definition) is 16. The molecule has 3 heterocycles. The first-order chi connectivity index (χ1) is 16.4. The minimum absolute atomic E-state index is 0.797. The summed E-state index contributed by atoms with van der Waals surface area (Å²) >= 11 is 0. The molecule has 9 N–H and O–H groups in total. The molecular formula is C19H32O16. The van der Waals surface area contributed by atoms with Gasteiger partial charge in [-0.15, -0.1) is 0 Å². The van der Waals surface area contributed by atoms with Crippen LogP contribution in [0.15, 0.2) is 0 Å². The summed E-state index contributed by atoms with van der Waals surface area (Å²) in [4.78, 5) is 11.7. The highest BCUT2D eigenvalue weighted by Crippen LogP contribution is 2.32. The molecule has 1 unspecified atom stereocenters. The van der Waals surface area contributed by atoms with Gasteiger partial charge in [-0.05, 0) is 6.92 Å². The number of methoxy groups -OCH3 is 1. The maximum absolute atomic E-state index is 11.7. The molecular weight excluding hydrogens is 484 g/mol. The fourth-order valence-corrected chi connectivity index (χ4v) is 4.06. The molecule has 15 atom stereocenters. The normalized spacial score (nSPS) is 51.1. The summed E-state index contributed by atoms with van der Waals surface area (Å²) < 4.78 is 31.1. The van der Waals surface area contributed by atoms with Crippen molar-refractivity contribution >= 4 is 5.97 Å². The molecule has 3 saturated heterocycles. The second-order valence-electron chi connectivity index (χ2n) is 8.54. The third-order valence-electron chi connectivity index (χ3n) is 6.21. The smallest absolute Gasteiger partial charge is 0.337 e. The molecule has 0 amide bonds. The molecule has 0 bridgehead atoms. The Morgan fingerprint density at radius 2 is 1.31 bits per heavy atom. The summed E-state index contributed by atoms with van der Waals surface area (Å²) in [6, 6.07) is 0. The molecule has 0 aliphatic carbocycles. The maximum atomic E-state index is 11.7. The van der Waals surface area contributed by atoms with Crippen LogP contribution in [0.3, 0.4) is 0 Å². The van der Waals surface area contributed by atoms with E-state index in [2.05, 4.69) is 4.74 Å². The number of rotatable bonds is 6. The lowest BCUT2D eigenvalue weighted by Gasteiger charge is -2.47. The molecule has 3 aliphatic heterocycles. The first kappa shape index (κ1) is 28.5. The van der Waals surface area contributed by atoms with E-state index in [1.165, 1.54) is 6.92 Å². The highest BCUT2D eigenvalue weighted by Gasteiger charge is 2.54. The van der Waals surface area contributed by atoms with Gasteiger partial charge in [0, 0.05) is 0 Å². The number of carbonyl (C=O) groups excluding carboxylic acids is 1. The lowest BCUT2D eigenvalue weighted by molar-refractivity contribution is -0.388. The quantitative estimate of drug-likeness (QED) is 0.149. The highest BCUT2D eigenvalue weighted by molar-refractivity contribution is 5.75. The average Bonchev–Trinajstić information content (AvgIpc) is 2.84. The Balaban J connectivity index is 1.81. The maximum Gasteiger partial charge on any atom is 0.337 e. The second-order valence-corrected chi connectivity index (χ2v) is 8.54. The van der Waals surface area contributed by atoms with Crippen molar-refractivity contribution in [1.29, 1.82) is 0 Å². The first-order valence-electron chi connectivity index (χ1n) is 10.8. The van der Waals surface area contributed by atoms with Gasteiger partial charge in [0.2, 0.25) is 0 Å². The molecule has 204 valence electrons. The van der Waals surface area contributed by atoms with Crippen LogP contribution in [0.2, 0.25) is 0 Å². The van der Waals surface area contributed by atoms with E-state index in [1.807, 2.05) is 0 Å². The summed E-state index contributed by atoms with van der Waals surface area (Å²) in [6.07, 6.45) is -25.6. The van der Waals surface area contributed by atoms with E-state index >= 15 is 0 Å². The summed E-state index contributed by atoms with van der Waals surface area (Å²) in [5.41, 5.74) is 0. The Morgan fingerprint density at radius 1 is 0.714 bits per heavy atom. The van der Waals surface area contributed by atoms with Gasteiger partial charge in [0.15, 0.2) is 25.0 Å². The summed E-state index contributed by atoms with van der Waals surface area (Å²) in [5.74, 6) is -1.08. The molecule has 0 saturated carbocycles. The predicted molar refractivity (Wildman–Crippen MR) is 105 cm³/mol. The summed E-state index contributed by atoms with van der Waals surface area (Å²) in [5, 5.41) is 91.4. The number of esters is 1. The third-order valence-corrected chi connectivity index (χ3v) is 6.21. The minimum atomic E-state index is -2.02. The molecule has 3 aliphatic rings. The summed E-state index contributed by atoms with van der Waals surface area (Å²) in [7, 11) is 0.998. The van der Waals surface area contributed by atoms with Crippen molar-refractivity contribution in [2.45, 2.75) is 99.0 Å². The van der Waals surface area contributed by atoms with E-state index in [0.29, 0.717) is 0 Å². The van der Waals surface area contributed by atoms with E-state index in [1.54, 1.807) is 0 Å². The molecule has 0 aromatic carbocycles. The first-order valence-corrected chi connectivity index (χ1v) is 10.8. The van der Waals surface area contributed by atoms with Gasteiger partial charge >= 0.3 is 5.97 Å². The van der Waals surface area contributed by atoms with Crippen LogP contribution in [0.4, 0.5) is 0 Å². The lowest BCUT2D eigenvalue weighted by atomic mass is 9.96. The second kappa shape index (κ2) is 11.5. The number of aliphatic hydroxyl groups excluding tert-OH is 9. The molecule has 0 radical (unpaired) electrons. The average molecular weight is 516 g/mol. The molecule has 16 nitrogen and oxygen atoms in total. The number of ether oxygens (including phenoxy) is 6. The Morgan fingerprint density at radius 3 is 1.91 bits per heavy atom. The molecule has 0 aromatic rings. The van der Waals surface area contributed by atoms with Gasteiger partial charge in [0.25, 0.3) is 0 Å². The minimum Gasteiger partial charge on any atom is -0.467 e. The fraction of sp³-hybridized carbons (Fsp3) is 0.947. The molecule has 3 fully saturated rings. The zero-order valence-electron chi connectivity index (χ0n) is 18.8. The van der Waals surface area contributed by atoms with Crippen LogP contribution in [0.25, 0.3) is 0 Å². The summed E-state index contributed by atoms with van der Waals surface area (Å²) in [6.45, 7) is 0.578. The van der Waals surface area contributed by atoms with Crippen LogP contribution in [0, 0.1) is 0 Å². The van der Waals surface area contributed by atoms with E-state index in [9.17, 15) is 50.8 Å². The fourth-order valence-electron chi connectivity index (χ4n) is 4.06. The highest BCUT2D eigenvalue weighted by atomic mass is 16.8. The largest absolute Gasteiger partial charge is 0.467 e. The standard InChI is InChI=1S/C19H32O16/c1-4-6(21)8(23)12(27)18(31-4)35-15-9(24)7(22)5(3-20)32-19(15)34-14-11(26)10(25)13(16(28)30-2)33-17(14)29/h4-15,17-27,29H,3H2,1-2H3/t4-,5+,6+,7+,8+,9-,10-,11-,12-,13-,14+,15+,17?,18-,19-/m0/s1. The Bertz CT molecular complexity index is 710. The zero-order valence-corrected chi connectivity index (χ0v) is 18.8. The monoisotopic (exact) mass is 516 g/mol. The van der Waals surface area contributed by atoms with Crippen LogP contribution in [0.5, 0.6) is 0 Å². The van der Waals surface area contributed by atoms with Crippen molar-refractivity contribution in [3.05, 3.63) is 0 Å². The van der Waals surface area contributed by atoms with Gasteiger partial charge in [-0.2, -0.15) is 0 Å². The van der Waals surface area contributed by atoms with Crippen LogP contribution >= 0.6 is 0 Å². The molecule has 0 spiro atoms. The molecule has 0 aromatic heterocycles. The topological polar surface area (TPSA) is 255 Å². The third kappa shape index (κ3) is 5.60. The van der Waals surface area contributed by atoms with E-state index in [0.717, 1.165) is 7.11 Å². The van der Waals surface area contributed by atoms with Gasteiger partial charge in [-0.25, -0.2) is 4.79 Å². The van der Waals surface area contributed by atoms with Gasteiger partial charge < -0.3 is 74.4 Å². The molecule has 16 heteroatoms. The van der Waals surface area contributed by atoms with Crippen LogP contribution in [-0.2, 0) is 33.2 Å². The van der Waals surface area contributed by atoms with Crippen molar-refractivity contribution in [3.63, 3.8) is 0 Å². The Hall–Kier alpha value is -1.09. The molecule has 35 heavy (non-hydrogen) atoms. The van der Waals surface area contributed by atoms with E-state index in [-0.39, 0.29) is 0 Å². The van der Waals surface area contributed by atoms with Gasteiger partial charge in [0.05, 0.1) is 19.8 Å². The van der Waals surface area contributed by atoms with Crippen molar-refractivity contribution in [3.8, 4) is 0 Å². The lowest BCUT2D eigenvalue weighted by Crippen LogP contribution is -2.66. The van der Waals surface area contributed by atoms with Crippen molar-refractivity contribution < 1.29 is 79.2 Å². The van der Waals surface area contributed by atoms with E-state index in [4.69, 9.17) is 23.7 Å². The molecule has 3 rings (SSSR count). The SMILES string of the molecule is COC(=O)[C@H]1OC(O)[C@H](O[C@@H]2O[C@H](CO)[C@@H](O)[C@H](O)[C@H]2O[C@@H]2O[C@@H](C)[C@@H](O)[C@@H](O)[C@@H]2O)[C@@H](O)[C@@H]1O. The predicted octanol–water partition coefficient (Wildman–Crippen LogP) is -6.36. The van der Waals surface area contributed by atoms with Crippen LogP contribution in [-0.4, -0.2) is 158 Å². The Labute approximate surface area is 198 Å². The van der Waals surface area contributed by atoms with E-state index < -0.39 is 105 Å². The van der Waals surface area contributed by atoms with Crippen LogP contribution < -0.4 is 0 Å². The van der Waals surface area contributed by atoms with Crippen molar-refractivity contribution in [2.75, 3.05) is 13.7 Å². The number of carbonyl (C=O) groups is 1. The number of hydrogen-bond donors (Lipinski definition) is 9. The van der Waals surface area contributed by atoms with Crippen LogP contribution in [0.1, 0.15) is 6.92 Å². The van der Waals surface area contributed by atoms with Crippen molar-refractivity contribution in [2.24, 2.45) is 0 Å². The number of aliphatic hydroxyl groups is 9. The zero-order chi connectivity index (χ0) is 26.2. The van der Waals surface area contributed by atoms with Gasteiger partial charge in [0.1, 0.15) is 61.0 Å². The van der Waals surface area contributed by atoms with Gasteiger partial charge in [-0.3, -0.25) is 0 Å². The Kier molecular flexibility index (Phi) is 9.38. The van der Waals surface area contributed by atoms with Crippen molar-refractivity contribution in [1.82, 2.24) is 0 Å². The van der Waals surface area contributed by atoms with Gasteiger partial charge in [-0.1, -0.05) is 0 Å².